The SMILES string of the molecule is CCOCc1ncc(C(=O)O)n1C. The number of aromatic nitrogens is 2. The lowest BCUT2D eigenvalue weighted by atomic mass is 10.5. The molecule has 0 aliphatic heterocycles. The predicted octanol–water partition coefficient (Wildman–Crippen LogP) is 0.655. The topological polar surface area (TPSA) is 64.3 Å². The molecule has 0 bridgehead atoms. The Morgan fingerprint density at radius 2 is 2.46 bits per heavy atom. The van der Waals surface area contributed by atoms with Crippen molar-refractivity contribution in [2.45, 2.75) is 13.5 Å². The van der Waals surface area contributed by atoms with Gasteiger partial charge >= 0.3 is 5.97 Å². The third kappa shape index (κ3) is 2.06. The number of rotatable bonds is 4. The molecule has 5 heteroatoms. The lowest BCUT2D eigenvalue weighted by Gasteiger charge is -2.02. The van der Waals surface area contributed by atoms with Crippen LogP contribution in [0.1, 0.15) is 23.2 Å². The third-order valence-corrected chi connectivity index (χ3v) is 1.74. The van der Waals surface area contributed by atoms with Crippen molar-refractivity contribution in [2.24, 2.45) is 7.05 Å². The van der Waals surface area contributed by atoms with Gasteiger partial charge in [-0.15, -0.1) is 0 Å². The zero-order valence-electron chi connectivity index (χ0n) is 7.65. The monoisotopic (exact) mass is 184 g/mol. The van der Waals surface area contributed by atoms with Gasteiger partial charge in [0.2, 0.25) is 0 Å². The first kappa shape index (κ1) is 9.73. The van der Waals surface area contributed by atoms with Crippen molar-refractivity contribution in [1.29, 1.82) is 0 Å². The molecule has 0 amide bonds. The van der Waals surface area contributed by atoms with Crippen molar-refractivity contribution in [3.8, 4) is 0 Å². The smallest absolute Gasteiger partial charge is 0.354 e. The summed E-state index contributed by atoms with van der Waals surface area (Å²) < 4.78 is 6.63. The number of imidazole rings is 1. The molecule has 0 aliphatic carbocycles. The highest BCUT2D eigenvalue weighted by atomic mass is 16.5. The van der Waals surface area contributed by atoms with E-state index in [1.165, 1.54) is 10.8 Å². The Balaban J connectivity index is 2.80. The molecule has 0 fully saturated rings. The summed E-state index contributed by atoms with van der Waals surface area (Å²) in [5.41, 5.74) is 0.176. The van der Waals surface area contributed by atoms with E-state index in [1.807, 2.05) is 6.92 Å². The van der Waals surface area contributed by atoms with Crippen LogP contribution in [0.4, 0.5) is 0 Å². The van der Waals surface area contributed by atoms with Crippen molar-refractivity contribution < 1.29 is 14.6 Å². The first-order chi connectivity index (χ1) is 6.16. The summed E-state index contributed by atoms with van der Waals surface area (Å²) in [6.45, 7) is 2.82. The minimum Gasteiger partial charge on any atom is -0.477 e. The van der Waals surface area contributed by atoms with E-state index in [2.05, 4.69) is 4.98 Å². The van der Waals surface area contributed by atoms with Crippen molar-refractivity contribution in [3.63, 3.8) is 0 Å². The van der Waals surface area contributed by atoms with E-state index in [-0.39, 0.29) is 5.69 Å². The first-order valence-electron chi connectivity index (χ1n) is 3.98. The number of hydrogen-bond donors (Lipinski definition) is 1. The van der Waals surface area contributed by atoms with E-state index < -0.39 is 5.97 Å². The van der Waals surface area contributed by atoms with E-state index in [9.17, 15) is 4.79 Å². The zero-order valence-corrected chi connectivity index (χ0v) is 7.65. The zero-order chi connectivity index (χ0) is 9.84. The van der Waals surface area contributed by atoms with Crippen LogP contribution in [0.3, 0.4) is 0 Å². The van der Waals surface area contributed by atoms with Gasteiger partial charge in [-0.2, -0.15) is 0 Å². The Morgan fingerprint density at radius 1 is 1.77 bits per heavy atom. The maximum absolute atomic E-state index is 10.6. The van der Waals surface area contributed by atoms with Crippen LogP contribution < -0.4 is 0 Å². The highest BCUT2D eigenvalue weighted by Crippen LogP contribution is 2.03. The molecule has 72 valence electrons. The predicted molar refractivity (Wildman–Crippen MR) is 45.5 cm³/mol. The van der Waals surface area contributed by atoms with E-state index in [0.29, 0.717) is 19.0 Å². The molecule has 0 aliphatic rings. The number of carboxylic acids is 1. The quantitative estimate of drug-likeness (QED) is 0.746. The van der Waals surface area contributed by atoms with Gasteiger partial charge < -0.3 is 14.4 Å². The summed E-state index contributed by atoms with van der Waals surface area (Å²) >= 11 is 0. The van der Waals surface area contributed by atoms with Crippen LogP contribution in [-0.2, 0) is 18.4 Å². The molecule has 1 aromatic rings. The Hall–Kier alpha value is -1.36. The van der Waals surface area contributed by atoms with Gasteiger partial charge in [-0.3, -0.25) is 0 Å². The lowest BCUT2D eigenvalue weighted by molar-refractivity contribution is 0.0684. The summed E-state index contributed by atoms with van der Waals surface area (Å²) in [5, 5.41) is 8.70. The third-order valence-electron chi connectivity index (χ3n) is 1.74. The maximum atomic E-state index is 10.6. The second-order valence-corrected chi connectivity index (χ2v) is 2.56. The van der Waals surface area contributed by atoms with Gasteiger partial charge in [0.05, 0.1) is 6.20 Å². The number of carboxylic acid groups (broad SMARTS) is 1. The Kier molecular flexibility index (Phi) is 3.02. The van der Waals surface area contributed by atoms with Crippen molar-refractivity contribution >= 4 is 5.97 Å². The van der Waals surface area contributed by atoms with Crippen molar-refractivity contribution in [1.82, 2.24) is 9.55 Å². The van der Waals surface area contributed by atoms with Crippen LogP contribution in [0.2, 0.25) is 0 Å². The summed E-state index contributed by atoms with van der Waals surface area (Å²) in [4.78, 5) is 14.5. The van der Waals surface area contributed by atoms with E-state index in [1.54, 1.807) is 7.05 Å². The van der Waals surface area contributed by atoms with Crippen molar-refractivity contribution in [3.05, 3.63) is 17.7 Å². The maximum Gasteiger partial charge on any atom is 0.354 e. The highest BCUT2D eigenvalue weighted by Gasteiger charge is 2.11. The highest BCUT2D eigenvalue weighted by molar-refractivity contribution is 5.85. The largest absolute Gasteiger partial charge is 0.477 e. The molecule has 0 unspecified atom stereocenters. The fourth-order valence-electron chi connectivity index (χ4n) is 0.974. The van der Waals surface area contributed by atoms with Gasteiger partial charge in [-0.25, -0.2) is 9.78 Å². The normalized spacial score (nSPS) is 10.3. The van der Waals surface area contributed by atoms with Crippen LogP contribution in [0.15, 0.2) is 6.20 Å². The summed E-state index contributed by atoms with van der Waals surface area (Å²) in [6.07, 6.45) is 1.33. The molecule has 1 rings (SSSR count). The minimum atomic E-state index is -0.974. The van der Waals surface area contributed by atoms with E-state index >= 15 is 0 Å². The molecule has 0 aromatic carbocycles. The standard InChI is InChI=1S/C8H12N2O3/c1-3-13-5-7-9-4-6(8(11)12)10(7)2/h4H,3,5H2,1-2H3,(H,11,12). The van der Waals surface area contributed by atoms with Crippen LogP contribution in [0, 0.1) is 0 Å². The molecule has 1 aromatic heterocycles. The molecule has 1 heterocycles. The average Bonchev–Trinajstić information content (AvgIpc) is 2.43. The van der Waals surface area contributed by atoms with Gasteiger partial charge in [0.15, 0.2) is 0 Å². The summed E-state index contributed by atoms with van der Waals surface area (Å²) in [5.74, 6) is -0.350. The molecule has 13 heavy (non-hydrogen) atoms. The Labute approximate surface area is 76.0 Å². The average molecular weight is 184 g/mol. The molecule has 0 radical (unpaired) electrons. The molecule has 5 nitrogen and oxygen atoms in total. The number of hydrogen-bond acceptors (Lipinski definition) is 3. The fraction of sp³-hybridized carbons (Fsp3) is 0.500. The Bertz CT molecular complexity index is 306. The van der Waals surface area contributed by atoms with Crippen LogP contribution in [0.5, 0.6) is 0 Å². The number of ether oxygens (including phenoxy) is 1. The van der Waals surface area contributed by atoms with Gasteiger partial charge in [-0.05, 0) is 6.92 Å². The van der Waals surface area contributed by atoms with Crippen LogP contribution in [0.25, 0.3) is 0 Å². The second-order valence-electron chi connectivity index (χ2n) is 2.56. The molecular weight excluding hydrogens is 172 g/mol. The molecule has 1 N–H and O–H groups in total. The fourth-order valence-corrected chi connectivity index (χ4v) is 0.974. The number of nitrogens with zero attached hydrogens (tertiary/aromatic N) is 2. The van der Waals surface area contributed by atoms with Crippen LogP contribution >= 0.6 is 0 Å². The number of aromatic carboxylic acids is 1. The summed E-state index contributed by atoms with van der Waals surface area (Å²) in [6, 6.07) is 0. The lowest BCUT2D eigenvalue weighted by Crippen LogP contribution is -2.08. The van der Waals surface area contributed by atoms with Gasteiger partial charge in [0, 0.05) is 13.7 Å². The molecule has 0 saturated carbocycles. The Morgan fingerprint density at radius 3 is 2.92 bits per heavy atom. The number of carbonyl (C=O) groups is 1. The van der Waals surface area contributed by atoms with Gasteiger partial charge in [0.1, 0.15) is 18.1 Å². The van der Waals surface area contributed by atoms with Gasteiger partial charge in [-0.1, -0.05) is 0 Å². The molecule has 0 spiro atoms. The molecule has 0 atom stereocenters. The minimum absolute atomic E-state index is 0.176. The molecular formula is C8H12N2O3. The summed E-state index contributed by atoms with van der Waals surface area (Å²) in [7, 11) is 1.66. The second kappa shape index (κ2) is 4.04. The van der Waals surface area contributed by atoms with E-state index in [0.717, 1.165) is 0 Å². The van der Waals surface area contributed by atoms with Crippen LogP contribution in [-0.4, -0.2) is 27.2 Å². The molecule has 0 saturated heterocycles. The van der Waals surface area contributed by atoms with Crippen molar-refractivity contribution in [2.75, 3.05) is 6.61 Å². The van der Waals surface area contributed by atoms with E-state index in [4.69, 9.17) is 9.84 Å². The van der Waals surface area contributed by atoms with Gasteiger partial charge in [0.25, 0.3) is 0 Å². The first-order valence-corrected chi connectivity index (χ1v) is 3.98.